The number of hydrogen-bond donors (Lipinski definition) is 1. The average Bonchev–Trinajstić information content (AvgIpc) is 2.65. The Bertz CT molecular complexity index is 793. The molecule has 1 N–H and O–H groups in total. The standard InChI is InChI=1S/C21H24ClNO3S/c1-14-4-5-15(2)17(12-14)13-26-21(25)19(10-11-27-3)23-20(24)16-6-8-18(22)9-7-16/h4-9,12,19H,10-11,13H2,1-3H3,(H,23,24)/t19-/m1/s1. The molecule has 1 atom stereocenters. The van der Waals surface area contributed by atoms with Crippen LogP contribution in [-0.2, 0) is 16.1 Å². The number of aryl methyl sites for hydroxylation is 2. The zero-order valence-electron chi connectivity index (χ0n) is 15.8. The number of carbonyl (C=O) groups excluding carboxylic acids is 2. The number of amides is 1. The highest BCUT2D eigenvalue weighted by atomic mass is 35.5. The van der Waals surface area contributed by atoms with E-state index < -0.39 is 12.0 Å². The number of esters is 1. The van der Waals surface area contributed by atoms with Gasteiger partial charge in [-0.15, -0.1) is 0 Å². The highest BCUT2D eigenvalue weighted by molar-refractivity contribution is 7.98. The van der Waals surface area contributed by atoms with Crippen LogP contribution in [0, 0.1) is 13.8 Å². The summed E-state index contributed by atoms with van der Waals surface area (Å²) in [5.74, 6) is -0.00171. The molecule has 0 saturated carbocycles. The van der Waals surface area contributed by atoms with E-state index in [1.54, 1.807) is 36.0 Å². The van der Waals surface area contributed by atoms with Crippen LogP contribution >= 0.6 is 23.4 Å². The minimum absolute atomic E-state index is 0.193. The third-order valence-electron chi connectivity index (χ3n) is 4.18. The number of ether oxygens (including phenoxy) is 1. The fourth-order valence-corrected chi connectivity index (χ4v) is 3.13. The molecule has 144 valence electrons. The highest BCUT2D eigenvalue weighted by Crippen LogP contribution is 2.14. The molecular weight excluding hydrogens is 382 g/mol. The second-order valence-corrected chi connectivity index (χ2v) is 7.77. The van der Waals surface area contributed by atoms with Gasteiger partial charge < -0.3 is 10.1 Å². The van der Waals surface area contributed by atoms with E-state index in [-0.39, 0.29) is 12.5 Å². The lowest BCUT2D eigenvalue weighted by atomic mass is 10.1. The van der Waals surface area contributed by atoms with Crippen LogP contribution in [0.25, 0.3) is 0 Å². The summed E-state index contributed by atoms with van der Waals surface area (Å²) in [6, 6.07) is 11.9. The number of hydrogen-bond acceptors (Lipinski definition) is 4. The Balaban J connectivity index is 2.03. The maximum Gasteiger partial charge on any atom is 0.329 e. The van der Waals surface area contributed by atoms with E-state index in [2.05, 4.69) is 5.32 Å². The molecule has 0 aliphatic rings. The van der Waals surface area contributed by atoms with Gasteiger partial charge in [-0.2, -0.15) is 11.8 Å². The maximum atomic E-state index is 12.6. The lowest BCUT2D eigenvalue weighted by Gasteiger charge is -2.18. The second-order valence-electron chi connectivity index (χ2n) is 6.35. The van der Waals surface area contributed by atoms with Crippen molar-refractivity contribution in [1.29, 1.82) is 0 Å². The first-order valence-electron chi connectivity index (χ1n) is 8.69. The van der Waals surface area contributed by atoms with Gasteiger partial charge in [0.1, 0.15) is 12.6 Å². The van der Waals surface area contributed by atoms with Gasteiger partial charge >= 0.3 is 5.97 Å². The van der Waals surface area contributed by atoms with E-state index >= 15 is 0 Å². The largest absolute Gasteiger partial charge is 0.459 e. The van der Waals surface area contributed by atoms with Gasteiger partial charge in [-0.1, -0.05) is 35.4 Å². The molecule has 0 fully saturated rings. The summed E-state index contributed by atoms with van der Waals surface area (Å²) in [4.78, 5) is 25.0. The van der Waals surface area contributed by atoms with Gasteiger partial charge in [0, 0.05) is 10.6 Å². The first-order valence-corrected chi connectivity index (χ1v) is 10.5. The summed E-state index contributed by atoms with van der Waals surface area (Å²) in [5, 5.41) is 3.33. The van der Waals surface area contributed by atoms with Gasteiger partial charge in [-0.25, -0.2) is 4.79 Å². The molecule has 2 aromatic rings. The fourth-order valence-electron chi connectivity index (χ4n) is 2.53. The molecule has 0 spiro atoms. The van der Waals surface area contributed by atoms with Gasteiger partial charge in [0.15, 0.2) is 0 Å². The Kier molecular flexibility index (Phi) is 8.20. The first kappa shape index (κ1) is 21.3. The van der Waals surface area contributed by atoms with Crippen molar-refractivity contribution >= 4 is 35.2 Å². The van der Waals surface area contributed by atoms with Crippen LogP contribution < -0.4 is 5.32 Å². The molecule has 2 rings (SSSR count). The fraction of sp³-hybridized carbons (Fsp3) is 0.333. The smallest absolute Gasteiger partial charge is 0.329 e. The van der Waals surface area contributed by atoms with E-state index in [1.165, 1.54) is 0 Å². The molecule has 0 heterocycles. The topological polar surface area (TPSA) is 55.4 Å². The minimum Gasteiger partial charge on any atom is -0.459 e. The van der Waals surface area contributed by atoms with E-state index in [9.17, 15) is 9.59 Å². The van der Waals surface area contributed by atoms with Crippen molar-refractivity contribution in [1.82, 2.24) is 5.32 Å². The Morgan fingerprint density at radius 2 is 1.85 bits per heavy atom. The van der Waals surface area contributed by atoms with Crippen molar-refractivity contribution in [3.8, 4) is 0 Å². The lowest BCUT2D eigenvalue weighted by molar-refractivity contribution is -0.147. The van der Waals surface area contributed by atoms with Crippen LogP contribution in [0.15, 0.2) is 42.5 Å². The van der Waals surface area contributed by atoms with Crippen LogP contribution in [0.5, 0.6) is 0 Å². The normalized spacial score (nSPS) is 11.7. The van der Waals surface area contributed by atoms with Crippen LogP contribution in [0.3, 0.4) is 0 Å². The van der Waals surface area contributed by atoms with Gasteiger partial charge in [0.05, 0.1) is 0 Å². The number of halogens is 1. The number of benzene rings is 2. The summed E-state index contributed by atoms with van der Waals surface area (Å²) in [6.45, 7) is 4.17. The van der Waals surface area contributed by atoms with Crippen LogP contribution in [-0.4, -0.2) is 29.9 Å². The SMILES string of the molecule is CSCC[C@@H](NC(=O)c1ccc(Cl)cc1)C(=O)OCc1cc(C)ccc1C. The molecule has 2 aromatic carbocycles. The molecule has 0 aromatic heterocycles. The predicted molar refractivity (Wildman–Crippen MR) is 111 cm³/mol. The molecule has 0 bridgehead atoms. The molecule has 6 heteroatoms. The average molecular weight is 406 g/mol. The summed E-state index contributed by atoms with van der Waals surface area (Å²) < 4.78 is 5.49. The van der Waals surface area contributed by atoms with Crippen LogP contribution in [0.2, 0.25) is 5.02 Å². The van der Waals surface area contributed by atoms with Crippen LogP contribution in [0.4, 0.5) is 0 Å². The molecule has 27 heavy (non-hydrogen) atoms. The minimum atomic E-state index is -0.689. The van der Waals surface area contributed by atoms with Crippen molar-refractivity contribution in [2.24, 2.45) is 0 Å². The zero-order valence-corrected chi connectivity index (χ0v) is 17.3. The van der Waals surface area contributed by atoms with Crippen molar-refractivity contribution in [3.63, 3.8) is 0 Å². The third kappa shape index (κ3) is 6.60. The van der Waals surface area contributed by atoms with Crippen LogP contribution in [0.1, 0.15) is 33.5 Å². The van der Waals surface area contributed by atoms with Crippen molar-refractivity contribution < 1.29 is 14.3 Å². The van der Waals surface area contributed by atoms with Gasteiger partial charge in [-0.05, 0) is 67.7 Å². The van der Waals surface area contributed by atoms with E-state index in [0.717, 1.165) is 22.4 Å². The quantitative estimate of drug-likeness (QED) is 0.654. The molecular formula is C21H24ClNO3S. The molecule has 0 aliphatic carbocycles. The molecule has 4 nitrogen and oxygen atoms in total. The Morgan fingerprint density at radius 1 is 1.15 bits per heavy atom. The molecule has 0 unspecified atom stereocenters. The number of carbonyl (C=O) groups is 2. The Hall–Kier alpha value is -1.98. The summed E-state index contributed by atoms with van der Waals surface area (Å²) in [6.07, 6.45) is 2.46. The number of rotatable bonds is 8. The molecule has 0 aliphatic heterocycles. The monoisotopic (exact) mass is 405 g/mol. The Morgan fingerprint density at radius 3 is 2.52 bits per heavy atom. The first-order chi connectivity index (χ1) is 12.9. The molecule has 1 amide bonds. The van der Waals surface area contributed by atoms with Crippen molar-refractivity contribution in [2.45, 2.75) is 32.9 Å². The third-order valence-corrected chi connectivity index (χ3v) is 5.08. The highest BCUT2D eigenvalue weighted by Gasteiger charge is 2.23. The number of thioether (sulfide) groups is 1. The van der Waals surface area contributed by atoms with Crippen molar-refractivity contribution in [2.75, 3.05) is 12.0 Å². The summed E-state index contributed by atoms with van der Waals surface area (Å²) in [5.41, 5.74) is 3.60. The number of nitrogens with one attached hydrogen (secondary N) is 1. The van der Waals surface area contributed by atoms with Crippen molar-refractivity contribution in [3.05, 3.63) is 69.7 Å². The van der Waals surface area contributed by atoms with E-state index in [4.69, 9.17) is 16.3 Å². The molecule has 0 saturated heterocycles. The zero-order chi connectivity index (χ0) is 19.8. The lowest BCUT2D eigenvalue weighted by Crippen LogP contribution is -2.42. The van der Waals surface area contributed by atoms with E-state index in [0.29, 0.717) is 17.0 Å². The predicted octanol–water partition coefficient (Wildman–Crippen LogP) is 4.55. The summed E-state index contributed by atoms with van der Waals surface area (Å²) in [7, 11) is 0. The Labute approximate surface area is 169 Å². The van der Waals surface area contributed by atoms with Gasteiger partial charge in [-0.3, -0.25) is 4.79 Å². The summed E-state index contributed by atoms with van der Waals surface area (Å²) >= 11 is 7.47. The van der Waals surface area contributed by atoms with Gasteiger partial charge in [0.2, 0.25) is 0 Å². The van der Waals surface area contributed by atoms with Gasteiger partial charge in [0.25, 0.3) is 5.91 Å². The van der Waals surface area contributed by atoms with E-state index in [1.807, 2.05) is 38.3 Å². The molecule has 0 radical (unpaired) electrons. The second kappa shape index (κ2) is 10.4. The maximum absolute atomic E-state index is 12.6.